The molecule has 2 aromatic rings. The third-order valence-corrected chi connectivity index (χ3v) is 5.22. The number of carbonyl (C=O) groups is 3. The summed E-state index contributed by atoms with van der Waals surface area (Å²) in [6, 6.07) is 9.81. The van der Waals surface area contributed by atoms with Crippen LogP contribution in [0.5, 0.6) is 0 Å². The van der Waals surface area contributed by atoms with Gasteiger partial charge in [-0.15, -0.1) is 11.3 Å². The van der Waals surface area contributed by atoms with Gasteiger partial charge in [-0.25, -0.2) is 4.98 Å². The van der Waals surface area contributed by atoms with Gasteiger partial charge in [0.15, 0.2) is 5.13 Å². The lowest BCUT2D eigenvalue weighted by atomic mass is 10.1. The Morgan fingerprint density at radius 1 is 1.07 bits per heavy atom. The topological polar surface area (TPSA) is 82.6 Å². The standard InChI is InChI=1S/C19H22N4O3S/c1-14(24)22-9-11-23(12-10-22)18(26)16-13-27-19(20-16)21-17(25)8-7-15-5-3-2-4-6-15/h2-6,13H,7-12H2,1H3,(H,20,21,25). The second-order valence-corrected chi connectivity index (χ2v) is 7.23. The Labute approximate surface area is 162 Å². The molecular formula is C19H22N4O3S. The molecule has 1 fully saturated rings. The highest BCUT2D eigenvalue weighted by molar-refractivity contribution is 7.14. The summed E-state index contributed by atoms with van der Waals surface area (Å²) in [5.74, 6) is -0.266. The van der Waals surface area contributed by atoms with Crippen LogP contribution < -0.4 is 5.32 Å². The maximum atomic E-state index is 12.5. The Morgan fingerprint density at radius 3 is 2.41 bits per heavy atom. The van der Waals surface area contributed by atoms with Crippen molar-refractivity contribution in [1.29, 1.82) is 0 Å². The van der Waals surface area contributed by atoms with E-state index in [4.69, 9.17) is 0 Å². The fraction of sp³-hybridized carbons (Fsp3) is 0.368. The van der Waals surface area contributed by atoms with Crippen LogP contribution in [0.3, 0.4) is 0 Å². The Kier molecular flexibility index (Phi) is 6.18. The van der Waals surface area contributed by atoms with Crippen LogP contribution in [0, 0.1) is 0 Å². The lowest BCUT2D eigenvalue weighted by Crippen LogP contribution is -2.50. The molecule has 0 atom stereocenters. The van der Waals surface area contributed by atoms with Crippen molar-refractivity contribution in [2.75, 3.05) is 31.5 Å². The number of thiazole rings is 1. The van der Waals surface area contributed by atoms with E-state index in [1.807, 2.05) is 30.3 Å². The molecule has 0 aliphatic carbocycles. The van der Waals surface area contributed by atoms with Crippen molar-refractivity contribution < 1.29 is 14.4 Å². The second-order valence-electron chi connectivity index (χ2n) is 6.37. The number of piperazine rings is 1. The number of aromatic nitrogens is 1. The van der Waals surface area contributed by atoms with Crippen LogP contribution in [0.15, 0.2) is 35.7 Å². The molecule has 0 spiro atoms. The van der Waals surface area contributed by atoms with Gasteiger partial charge >= 0.3 is 0 Å². The molecule has 1 N–H and O–H groups in total. The third-order valence-electron chi connectivity index (χ3n) is 4.47. The van der Waals surface area contributed by atoms with Gasteiger partial charge in [-0.1, -0.05) is 30.3 Å². The van der Waals surface area contributed by atoms with E-state index in [0.29, 0.717) is 49.8 Å². The highest BCUT2D eigenvalue weighted by Crippen LogP contribution is 2.18. The lowest BCUT2D eigenvalue weighted by Gasteiger charge is -2.33. The molecule has 0 radical (unpaired) electrons. The van der Waals surface area contributed by atoms with E-state index >= 15 is 0 Å². The molecule has 1 aliphatic heterocycles. The van der Waals surface area contributed by atoms with Crippen LogP contribution >= 0.6 is 11.3 Å². The molecule has 0 unspecified atom stereocenters. The number of nitrogens with zero attached hydrogens (tertiary/aromatic N) is 3. The first kappa shape index (κ1) is 19.0. The molecule has 7 nitrogen and oxygen atoms in total. The number of benzene rings is 1. The third kappa shape index (κ3) is 5.13. The van der Waals surface area contributed by atoms with Crippen LogP contribution in [-0.2, 0) is 16.0 Å². The number of rotatable bonds is 5. The molecule has 1 aromatic heterocycles. The van der Waals surface area contributed by atoms with E-state index in [2.05, 4.69) is 10.3 Å². The lowest BCUT2D eigenvalue weighted by molar-refractivity contribution is -0.130. The van der Waals surface area contributed by atoms with Crippen LogP contribution in [0.2, 0.25) is 0 Å². The van der Waals surface area contributed by atoms with Crippen molar-refractivity contribution in [3.63, 3.8) is 0 Å². The molecule has 1 saturated heterocycles. The number of anilines is 1. The molecule has 142 valence electrons. The van der Waals surface area contributed by atoms with Gasteiger partial charge in [0.25, 0.3) is 5.91 Å². The first-order chi connectivity index (χ1) is 13.0. The van der Waals surface area contributed by atoms with Crippen molar-refractivity contribution in [3.05, 3.63) is 47.0 Å². The summed E-state index contributed by atoms with van der Waals surface area (Å²) in [4.78, 5) is 43.7. The minimum absolute atomic E-state index is 0.0243. The summed E-state index contributed by atoms with van der Waals surface area (Å²) in [6.45, 7) is 3.59. The van der Waals surface area contributed by atoms with Crippen molar-refractivity contribution in [3.8, 4) is 0 Å². The highest BCUT2D eigenvalue weighted by Gasteiger charge is 2.24. The molecule has 1 aromatic carbocycles. The first-order valence-electron chi connectivity index (χ1n) is 8.87. The zero-order chi connectivity index (χ0) is 19.2. The summed E-state index contributed by atoms with van der Waals surface area (Å²) in [5.41, 5.74) is 1.43. The van der Waals surface area contributed by atoms with Crippen molar-refractivity contribution in [2.45, 2.75) is 19.8 Å². The normalized spacial score (nSPS) is 14.1. The van der Waals surface area contributed by atoms with E-state index < -0.39 is 0 Å². The van der Waals surface area contributed by atoms with E-state index in [-0.39, 0.29) is 17.7 Å². The molecule has 0 saturated carbocycles. The maximum Gasteiger partial charge on any atom is 0.273 e. The SMILES string of the molecule is CC(=O)N1CCN(C(=O)c2csc(NC(=O)CCc3ccccc3)n2)CC1. The number of amides is 3. The minimum Gasteiger partial charge on any atom is -0.339 e. The van der Waals surface area contributed by atoms with Crippen LogP contribution in [0.25, 0.3) is 0 Å². The number of hydrogen-bond donors (Lipinski definition) is 1. The largest absolute Gasteiger partial charge is 0.339 e. The monoisotopic (exact) mass is 386 g/mol. The van der Waals surface area contributed by atoms with Gasteiger partial charge in [-0.3, -0.25) is 14.4 Å². The molecule has 3 rings (SSSR count). The van der Waals surface area contributed by atoms with E-state index in [9.17, 15) is 14.4 Å². The highest BCUT2D eigenvalue weighted by atomic mass is 32.1. The van der Waals surface area contributed by atoms with Gasteiger partial charge in [0.2, 0.25) is 11.8 Å². The van der Waals surface area contributed by atoms with Crippen molar-refractivity contribution in [2.24, 2.45) is 0 Å². The number of carbonyl (C=O) groups excluding carboxylic acids is 3. The zero-order valence-corrected chi connectivity index (χ0v) is 16.0. The second kappa shape index (κ2) is 8.77. The average molecular weight is 386 g/mol. The Hall–Kier alpha value is -2.74. The quantitative estimate of drug-likeness (QED) is 0.852. The van der Waals surface area contributed by atoms with Gasteiger partial charge in [-0.2, -0.15) is 0 Å². The smallest absolute Gasteiger partial charge is 0.273 e. The van der Waals surface area contributed by atoms with Crippen molar-refractivity contribution >= 4 is 34.2 Å². The molecule has 8 heteroatoms. The maximum absolute atomic E-state index is 12.5. The van der Waals surface area contributed by atoms with Gasteiger partial charge in [0, 0.05) is 44.9 Å². The predicted octanol–water partition coefficient (Wildman–Crippen LogP) is 2.02. The minimum atomic E-state index is -0.167. The Balaban J connectivity index is 1.50. The number of hydrogen-bond acceptors (Lipinski definition) is 5. The zero-order valence-electron chi connectivity index (χ0n) is 15.2. The number of nitrogens with one attached hydrogen (secondary N) is 1. The molecular weight excluding hydrogens is 364 g/mol. The molecule has 27 heavy (non-hydrogen) atoms. The summed E-state index contributed by atoms with van der Waals surface area (Å²) < 4.78 is 0. The average Bonchev–Trinajstić information content (AvgIpc) is 3.15. The molecule has 0 bridgehead atoms. The van der Waals surface area contributed by atoms with Crippen LogP contribution in [-0.4, -0.2) is 58.7 Å². The number of aryl methyl sites for hydroxylation is 1. The first-order valence-corrected chi connectivity index (χ1v) is 9.75. The van der Waals surface area contributed by atoms with E-state index in [0.717, 1.165) is 5.56 Å². The Bertz CT molecular complexity index is 813. The predicted molar refractivity (Wildman–Crippen MR) is 104 cm³/mol. The summed E-state index contributed by atoms with van der Waals surface area (Å²) in [6.07, 6.45) is 1.02. The summed E-state index contributed by atoms with van der Waals surface area (Å²) >= 11 is 1.24. The molecule has 2 heterocycles. The fourth-order valence-electron chi connectivity index (χ4n) is 2.90. The molecule has 1 aliphatic rings. The van der Waals surface area contributed by atoms with Crippen molar-refractivity contribution in [1.82, 2.24) is 14.8 Å². The van der Waals surface area contributed by atoms with Gasteiger partial charge in [0.1, 0.15) is 5.69 Å². The van der Waals surface area contributed by atoms with E-state index in [1.165, 1.54) is 18.3 Å². The molecule has 3 amide bonds. The van der Waals surface area contributed by atoms with Gasteiger partial charge in [-0.05, 0) is 12.0 Å². The van der Waals surface area contributed by atoms with E-state index in [1.54, 1.807) is 15.2 Å². The Morgan fingerprint density at radius 2 is 1.74 bits per heavy atom. The summed E-state index contributed by atoms with van der Waals surface area (Å²) in [7, 11) is 0. The van der Waals surface area contributed by atoms with Crippen LogP contribution in [0.1, 0.15) is 29.4 Å². The summed E-state index contributed by atoms with van der Waals surface area (Å²) in [5, 5.41) is 4.85. The van der Waals surface area contributed by atoms with Crippen LogP contribution in [0.4, 0.5) is 5.13 Å². The van der Waals surface area contributed by atoms with Gasteiger partial charge in [0.05, 0.1) is 0 Å². The fourth-order valence-corrected chi connectivity index (χ4v) is 3.60. The van der Waals surface area contributed by atoms with Gasteiger partial charge < -0.3 is 15.1 Å².